The lowest BCUT2D eigenvalue weighted by Gasteiger charge is -2.29. The van der Waals surface area contributed by atoms with Gasteiger partial charge in [0.05, 0.1) is 77.3 Å². The molecule has 62 heavy (non-hydrogen) atoms. The molecule has 0 spiro atoms. The molecule has 2 heterocycles. The first-order valence-electron chi connectivity index (χ1n) is 21.7. The van der Waals surface area contributed by atoms with Gasteiger partial charge in [-0.3, -0.25) is 19.4 Å². The second-order valence-corrected chi connectivity index (χ2v) is 15.2. The summed E-state index contributed by atoms with van der Waals surface area (Å²) < 4.78 is 22.3. The molecule has 1 aliphatic rings. The molecule has 5 rings (SSSR count). The minimum atomic E-state index is -0.232. The molecule has 1 aliphatic heterocycles. The fraction of sp³-hybridized carbons (Fsp3) is 0.458. The summed E-state index contributed by atoms with van der Waals surface area (Å²) in [6.45, 7) is 7.72. The SMILES string of the molecule is Cc1cccc(CNC(=O)c2ccnc(-c3cc(N4CCCCC4)ccc3NC(=O)c3cccc(CCCOCCOCCOCCOCCC(=O)N(CCO)CCO)c3)c2)c1. The third kappa shape index (κ3) is 16.2. The Morgan fingerprint density at radius 3 is 2.08 bits per heavy atom. The summed E-state index contributed by atoms with van der Waals surface area (Å²) in [5.41, 5.74) is 7.25. The quantitative estimate of drug-likeness (QED) is 0.0564. The minimum absolute atomic E-state index is 0.150. The van der Waals surface area contributed by atoms with E-state index < -0.39 is 0 Å². The Bertz CT molecular complexity index is 1980. The van der Waals surface area contributed by atoms with Gasteiger partial charge in [-0.15, -0.1) is 0 Å². The van der Waals surface area contributed by atoms with Crippen LogP contribution in [0.15, 0.2) is 85.1 Å². The number of aliphatic hydroxyl groups is 2. The summed E-state index contributed by atoms with van der Waals surface area (Å²) in [6, 6.07) is 25.2. The van der Waals surface area contributed by atoms with Crippen molar-refractivity contribution in [3.63, 3.8) is 0 Å². The molecule has 0 atom stereocenters. The highest BCUT2D eigenvalue weighted by molar-refractivity contribution is 6.06. The number of hydrogen-bond acceptors (Lipinski definition) is 11. The third-order valence-corrected chi connectivity index (χ3v) is 10.4. The maximum absolute atomic E-state index is 13.8. The van der Waals surface area contributed by atoms with Gasteiger partial charge < -0.3 is 49.6 Å². The molecule has 0 radical (unpaired) electrons. The molecule has 3 aromatic carbocycles. The van der Waals surface area contributed by atoms with Crippen molar-refractivity contribution in [1.29, 1.82) is 0 Å². The van der Waals surface area contributed by atoms with Crippen LogP contribution < -0.4 is 15.5 Å². The van der Waals surface area contributed by atoms with E-state index in [1.54, 1.807) is 24.4 Å². The molecular formula is C48H63N5O9. The van der Waals surface area contributed by atoms with Crippen LogP contribution in [0.2, 0.25) is 0 Å². The van der Waals surface area contributed by atoms with Crippen LogP contribution in [0, 0.1) is 6.92 Å². The van der Waals surface area contributed by atoms with Gasteiger partial charge in [0.25, 0.3) is 11.8 Å². The fourth-order valence-electron chi connectivity index (χ4n) is 7.15. The van der Waals surface area contributed by atoms with Gasteiger partial charge >= 0.3 is 0 Å². The second-order valence-electron chi connectivity index (χ2n) is 15.2. The molecule has 14 heteroatoms. The van der Waals surface area contributed by atoms with E-state index in [2.05, 4.69) is 32.7 Å². The van der Waals surface area contributed by atoms with E-state index >= 15 is 0 Å². The molecule has 14 nitrogen and oxygen atoms in total. The molecular weight excluding hydrogens is 791 g/mol. The molecule has 0 saturated carbocycles. The van der Waals surface area contributed by atoms with Gasteiger partial charge in [-0.05, 0) is 92.6 Å². The lowest BCUT2D eigenvalue weighted by Crippen LogP contribution is -2.36. The van der Waals surface area contributed by atoms with Crippen molar-refractivity contribution in [2.24, 2.45) is 0 Å². The van der Waals surface area contributed by atoms with E-state index in [1.807, 2.05) is 55.5 Å². The Balaban J connectivity index is 1.04. The molecule has 4 N–H and O–H groups in total. The van der Waals surface area contributed by atoms with E-state index in [-0.39, 0.29) is 57.1 Å². The molecule has 0 unspecified atom stereocenters. The zero-order valence-electron chi connectivity index (χ0n) is 36.0. The van der Waals surface area contributed by atoms with Crippen LogP contribution in [0.1, 0.15) is 69.5 Å². The second kappa shape index (κ2) is 27.0. The van der Waals surface area contributed by atoms with Gasteiger partial charge in [-0.2, -0.15) is 0 Å². The van der Waals surface area contributed by atoms with Crippen LogP contribution >= 0.6 is 0 Å². The molecule has 4 aromatic rings. The summed E-state index contributed by atoms with van der Waals surface area (Å²) in [4.78, 5) is 47.6. The number of piperidine rings is 1. The molecule has 1 aromatic heterocycles. The fourth-order valence-corrected chi connectivity index (χ4v) is 7.15. The number of nitrogens with one attached hydrogen (secondary N) is 2. The predicted molar refractivity (Wildman–Crippen MR) is 239 cm³/mol. The number of amides is 3. The number of pyridine rings is 1. The first-order valence-corrected chi connectivity index (χ1v) is 21.7. The Kier molecular flexibility index (Phi) is 20.8. The zero-order valence-corrected chi connectivity index (χ0v) is 36.0. The number of aliphatic hydroxyl groups excluding tert-OH is 2. The van der Waals surface area contributed by atoms with Crippen LogP contribution in [-0.2, 0) is 36.7 Å². The minimum Gasteiger partial charge on any atom is -0.395 e. The van der Waals surface area contributed by atoms with E-state index in [4.69, 9.17) is 29.2 Å². The van der Waals surface area contributed by atoms with Crippen molar-refractivity contribution in [1.82, 2.24) is 15.2 Å². The van der Waals surface area contributed by atoms with Crippen molar-refractivity contribution >= 4 is 29.1 Å². The summed E-state index contributed by atoms with van der Waals surface area (Å²) in [7, 11) is 0. The van der Waals surface area contributed by atoms with E-state index in [1.165, 1.54) is 11.3 Å². The van der Waals surface area contributed by atoms with Gasteiger partial charge in [0.1, 0.15) is 0 Å². The molecule has 0 bridgehead atoms. The van der Waals surface area contributed by atoms with E-state index in [0.29, 0.717) is 75.3 Å². The van der Waals surface area contributed by atoms with Gasteiger partial charge in [0.15, 0.2) is 0 Å². The molecule has 334 valence electrons. The van der Waals surface area contributed by atoms with Gasteiger partial charge in [-0.25, -0.2) is 0 Å². The van der Waals surface area contributed by atoms with Crippen molar-refractivity contribution in [3.05, 3.63) is 113 Å². The Morgan fingerprint density at radius 2 is 1.37 bits per heavy atom. The highest BCUT2D eigenvalue weighted by Crippen LogP contribution is 2.33. The zero-order chi connectivity index (χ0) is 43.8. The van der Waals surface area contributed by atoms with Crippen molar-refractivity contribution in [2.75, 3.05) is 102 Å². The van der Waals surface area contributed by atoms with Crippen LogP contribution in [0.4, 0.5) is 11.4 Å². The number of carbonyl (C=O) groups is 3. The number of hydrogen-bond donors (Lipinski definition) is 4. The first-order chi connectivity index (χ1) is 30.3. The van der Waals surface area contributed by atoms with Crippen LogP contribution in [0.5, 0.6) is 0 Å². The number of ether oxygens (including phenoxy) is 4. The molecule has 3 amide bonds. The number of rotatable bonds is 27. The number of benzene rings is 3. The topological polar surface area (TPSA) is 172 Å². The molecule has 0 aliphatic carbocycles. The normalized spacial score (nSPS) is 12.6. The summed E-state index contributed by atoms with van der Waals surface area (Å²) in [5, 5.41) is 24.2. The lowest BCUT2D eigenvalue weighted by molar-refractivity contribution is -0.133. The highest BCUT2D eigenvalue weighted by Gasteiger charge is 2.18. The predicted octanol–water partition coefficient (Wildman–Crippen LogP) is 5.43. The number of aromatic nitrogens is 1. The lowest BCUT2D eigenvalue weighted by atomic mass is 10.0. The Labute approximate surface area is 365 Å². The first kappa shape index (κ1) is 47.8. The van der Waals surface area contributed by atoms with Crippen molar-refractivity contribution in [3.8, 4) is 11.3 Å². The van der Waals surface area contributed by atoms with E-state index in [0.717, 1.165) is 66.7 Å². The largest absolute Gasteiger partial charge is 0.395 e. The summed E-state index contributed by atoms with van der Waals surface area (Å²) in [6.07, 6.45) is 6.81. The van der Waals surface area contributed by atoms with Crippen molar-refractivity contribution < 1.29 is 43.5 Å². The van der Waals surface area contributed by atoms with Crippen LogP contribution in [-0.4, -0.2) is 130 Å². The monoisotopic (exact) mass is 853 g/mol. The Hall–Kier alpha value is -5.22. The maximum Gasteiger partial charge on any atom is 0.255 e. The van der Waals surface area contributed by atoms with Crippen LogP contribution in [0.25, 0.3) is 11.3 Å². The number of anilines is 2. The summed E-state index contributed by atoms with van der Waals surface area (Å²) in [5.74, 6) is -0.600. The molecule has 1 saturated heterocycles. The van der Waals surface area contributed by atoms with Crippen molar-refractivity contribution in [2.45, 2.75) is 52.0 Å². The smallest absolute Gasteiger partial charge is 0.255 e. The molecule has 1 fully saturated rings. The maximum atomic E-state index is 13.8. The van der Waals surface area contributed by atoms with Gasteiger partial charge in [0, 0.05) is 67.9 Å². The highest BCUT2D eigenvalue weighted by atomic mass is 16.6. The average molecular weight is 854 g/mol. The average Bonchev–Trinajstić information content (AvgIpc) is 3.30. The number of aryl methyl sites for hydroxylation is 2. The standard InChI is InChI=1S/C48H63N5O9/c1-37-8-5-10-39(32-37)36-50-47(57)41-15-17-49-45(34-41)43-35-42(52-18-3-2-4-19-52)13-14-44(43)51-48(58)40-12-6-9-38(33-40)11-7-24-59-26-28-61-30-31-62-29-27-60-25-16-46(56)53(20-22-54)21-23-55/h5-6,8-10,12-15,17,32-35,54-55H,2-4,7,11,16,18-31,36H2,1H3,(H,50,57)(H,51,58). The van der Waals surface area contributed by atoms with E-state index in [9.17, 15) is 14.4 Å². The number of nitrogens with zero attached hydrogens (tertiary/aromatic N) is 3. The summed E-state index contributed by atoms with van der Waals surface area (Å²) >= 11 is 0. The van der Waals surface area contributed by atoms with Gasteiger partial charge in [0.2, 0.25) is 5.91 Å². The number of carbonyl (C=O) groups excluding carboxylic acids is 3. The van der Waals surface area contributed by atoms with Gasteiger partial charge in [-0.1, -0.05) is 42.0 Å². The Morgan fingerprint density at radius 1 is 0.710 bits per heavy atom. The third-order valence-electron chi connectivity index (χ3n) is 10.4. The van der Waals surface area contributed by atoms with Crippen LogP contribution in [0.3, 0.4) is 0 Å².